The first-order valence-corrected chi connectivity index (χ1v) is 8.38. The van der Waals surface area contributed by atoms with Crippen molar-refractivity contribution in [1.82, 2.24) is 5.32 Å². The number of hydrogen-bond acceptors (Lipinski definition) is 4. The van der Waals surface area contributed by atoms with Gasteiger partial charge >= 0.3 is 0 Å². The molecule has 0 aromatic heterocycles. The van der Waals surface area contributed by atoms with Crippen LogP contribution in [0.4, 0.5) is 20.2 Å². The summed E-state index contributed by atoms with van der Waals surface area (Å²) in [5.74, 6) is -1.69. The number of anilines is 1. The van der Waals surface area contributed by atoms with Crippen LogP contribution in [0.5, 0.6) is 0 Å². The molecule has 1 amide bonds. The summed E-state index contributed by atoms with van der Waals surface area (Å²) in [7, 11) is 0. The lowest BCUT2D eigenvalue weighted by Crippen LogP contribution is -2.28. The normalized spacial score (nSPS) is 17.5. The summed E-state index contributed by atoms with van der Waals surface area (Å²) in [5.41, 5.74) is 12.1. The third kappa shape index (κ3) is 3.88. The smallest absolute Gasteiger partial charge is 0.250 e. The molecule has 1 atom stereocenters. The minimum atomic E-state index is -0.840. The molecule has 0 spiro atoms. The number of nitrogen functional groups attached to an aromatic ring is 1. The van der Waals surface area contributed by atoms with Gasteiger partial charge in [0, 0.05) is 18.3 Å². The van der Waals surface area contributed by atoms with E-state index in [1.165, 1.54) is 12.3 Å². The Balaban J connectivity index is 1.86. The number of carbonyl (C=O) groups is 1. The van der Waals surface area contributed by atoms with E-state index in [2.05, 4.69) is 10.3 Å². The first-order chi connectivity index (χ1) is 12.5. The van der Waals surface area contributed by atoms with Crippen LogP contribution in [0.1, 0.15) is 40.2 Å². The molecule has 1 unspecified atom stereocenters. The lowest BCUT2D eigenvalue weighted by molar-refractivity contribution is 0.100. The maximum Gasteiger partial charge on any atom is 0.250 e. The van der Waals surface area contributed by atoms with Crippen LogP contribution in [0.25, 0.3) is 0 Å². The number of rotatable bonds is 4. The zero-order chi connectivity index (χ0) is 18.7. The summed E-state index contributed by atoms with van der Waals surface area (Å²) >= 11 is 0. The molecule has 7 heteroatoms. The molecule has 1 aliphatic rings. The van der Waals surface area contributed by atoms with Crippen LogP contribution < -0.4 is 16.8 Å². The Morgan fingerprint density at radius 1 is 1.27 bits per heavy atom. The molecule has 5 N–H and O–H groups in total. The molecule has 1 heterocycles. The Morgan fingerprint density at radius 3 is 2.73 bits per heavy atom. The second kappa shape index (κ2) is 7.61. The fraction of sp³-hybridized carbons (Fsp3) is 0.263. The maximum atomic E-state index is 14.4. The number of hydrogen-bond donors (Lipinski definition) is 3. The van der Waals surface area contributed by atoms with Crippen LogP contribution in [0.3, 0.4) is 0 Å². The summed E-state index contributed by atoms with van der Waals surface area (Å²) in [6.07, 6.45) is 3.31. The van der Waals surface area contributed by atoms with E-state index >= 15 is 0 Å². The van der Waals surface area contributed by atoms with Gasteiger partial charge in [0.25, 0.3) is 5.91 Å². The number of nitrogens with one attached hydrogen (secondary N) is 1. The molecule has 0 aliphatic carbocycles. The van der Waals surface area contributed by atoms with Gasteiger partial charge in [-0.1, -0.05) is 6.07 Å². The molecule has 0 saturated carbocycles. The standard InChI is InChI=1S/C19H20F2N4O/c20-14-6-13(18(22)15(8-14)19(23)26)10-25-17-4-3-11(7-16(17)21)12-2-1-5-24-9-12/h3-4,6-8,10,12,24H,1-2,5,9,22H2,(H2,23,26). The first kappa shape index (κ1) is 18.0. The molecule has 26 heavy (non-hydrogen) atoms. The monoisotopic (exact) mass is 358 g/mol. The largest absolute Gasteiger partial charge is 0.398 e. The third-order valence-corrected chi connectivity index (χ3v) is 4.52. The lowest BCUT2D eigenvalue weighted by Gasteiger charge is -2.23. The van der Waals surface area contributed by atoms with Crippen LogP contribution in [-0.4, -0.2) is 25.2 Å². The van der Waals surface area contributed by atoms with Crippen molar-refractivity contribution in [3.05, 3.63) is 58.7 Å². The molecule has 1 saturated heterocycles. The number of halogens is 2. The van der Waals surface area contributed by atoms with Gasteiger partial charge in [-0.2, -0.15) is 0 Å². The summed E-state index contributed by atoms with van der Waals surface area (Å²) in [6, 6.07) is 6.99. The maximum absolute atomic E-state index is 14.4. The quantitative estimate of drug-likeness (QED) is 0.579. The van der Waals surface area contributed by atoms with E-state index in [4.69, 9.17) is 11.5 Å². The topological polar surface area (TPSA) is 93.5 Å². The highest BCUT2D eigenvalue weighted by Gasteiger charge is 2.16. The number of nitrogens with zero attached hydrogens (tertiary/aromatic N) is 1. The number of benzene rings is 2. The SMILES string of the molecule is NC(=O)c1cc(F)cc(C=Nc2ccc(C3CCCNC3)cc2F)c1N. The fourth-order valence-corrected chi connectivity index (χ4v) is 3.11. The van der Waals surface area contributed by atoms with Crippen molar-refractivity contribution in [2.24, 2.45) is 10.7 Å². The Bertz CT molecular complexity index is 861. The van der Waals surface area contributed by atoms with Crippen molar-refractivity contribution in [2.75, 3.05) is 18.8 Å². The van der Waals surface area contributed by atoms with E-state index < -0.39 is 17.5 Å². The number of primary amides is 1. The van der Waals surface area contributed by atoms with Gasteiger partial charge in [0.1, 0.15) is 11.6 Å². The third-order valence-electron chi connectivity index (χ3n) is 4.52. The van der Waals surface area contributed by atoms with E-state index in [-0.39, 0.29) is 28.4 Å². The average molecular weight is 358 g/mol. The second-order valence-corrected chi connectivity index (χ2v) is 6.33. The second-order valence-electron chi connectivity index (χ2n) is 6.33. The van der Waals surface area contributed by atoms with Gasteiger partial charge in [0.05, 0.1) is 16.9 Å². The number of carbonyl (C=O) groups excluding carboxylic acids is 1. The van der Waals surface area contributed by atoms with Gasteiger partial charge in [-0.25, -0.2) is 8.78 Å². The Labute approximate surface area is 150 Å². The highest BCUT2D eigenvalue weighted by molar-refractivity contribution is 6.02. The molecule has 5 nitrogen and oxygen atoms in total. The molecule has 136 valence electrons. The summed E-state index contributed by atoms with van der Waals surface area (Å²) in [6.45, 7) is 1.82. The Kier molecular flexibility index (Phi) is 5.27. The molecule has 2 aromatic carbocycles. The average Bonchev–Trinajstić information content (AvgIpc) is 2.63. The minimum Gasteiger partial charge on any atom is -0.398 e. The molecule has 0 bridgehead atoms. The summed E-state index contributed by atoms with van der Waals surface area (Å²) < 4.78 is 28.0. The predicted octanol–water partition coefficient (Wildman–Crippen LogP) is 2.86. The van der Waals surface area contributed by atoms with Gasteiger partial charge in [-0.05, 0) is 55.1 Å². The van der Waals surface area contributed by atoms with Crippen LogP contribution in [0, 0.1) is 11.6 Å². The molecule has 1 aliphatic heterocycles. The minimum absolute atomic E-state index is 0.00737. The Hall–Kier alpha value is -2.80. The zero-order valence-electron chi connectivity index (χ0n) is 14.1. The van der Waals surface area contributed by atoms with E-state index in [1.54, 1.807) is 6.07 Å². The molecular formula is C19H20F2N4O. The van der Waals surface area contributed by atoms with Gasteiger partial charge in [-0.3, -0.25) is 9.79 Å². The van der Waals surface area contributed by atoms with Crippen molar-refractivity contribution < 1.29 is 13.6 Å². The number of nitrogens with two attached hydrogens (primary N) is 2. The van der Waals surface area contributed by atoms with Crippen molar-refractivity contribution in [3.8, 4) is 0 Å². The first-order valence-electron chi connectivity index (χ1n) is 8.38. The lowest BCUT2D eigenvalue weighted by atomic mass is 9.91. The van der Waals surface area contributed by atoms with E-state index in [9.17, 15) is 13.6 Å². The summed E-state index contributed by atoms with van der Waals surface area (Å²) in [5, 5.41) is 3.30. The van der Waals surface area contributed by atoms with Gasteiger partial charge < -0.3 is 16.8 Å². The van der Waals surface area contributed by atoms with Crippen molar-refractivity contribution in [3.63, 3.8) is 0 Å². The molecule has 1 fully saturated rings. The van der Waals surface area contributed by atoms with Gasteiger partial charge in [0.15, 0.2) is 0 Å². The molecule has 0 radical (unpaired) electrons. The molecular weight excluding hydrogens is 338 g/mol. The highest BCUT2D eigenvalue weighted by atomic mass is 19.1. The van der Waals surface area contributed by atoms with E-state index in [1.807, 2.05) is 6.07 Å². The number of aliphatic imine (C=N–C) groups is 1. The van der Waals surface area contributed by atoms with Crippen molar-refractivity contribution >= 4 is 23.5 Å². The zero-order valence-corrected chi connectivity index (χ0v) is 14.1. The van der Waals surface area contributed by atoms with E-state index in [0.717, 1.165) is 43.6 Å². The predicted molar refractivity (Wildman–Crippen MR) is 97.8 cm³/mol. The molecule has 3 rings (SSSR count). The number of piperidine rings is 1. The van der Waals surface area contributed by atoms with Crippen molar-refractivity contribution in [1.29, 1.82) is 0 Å². The van der Waals surface area contributed by atoms with E-state index in [0.29, 0.717) is 0 Å². The fourth-order valence-electron chi connectivity index (χ4n) is 3.11. The molecule has 2 aromatic rings. The Morgan fingerprint density at radius 2 is 2.08 bits per heavy atom. The van der Waals surface area contributed by atoms with Crippen LogP contribution in [0.2, 0.25) is 0 Å². The summed E-state index contributed by atoms with van der Waals surface area (Å²) in [4.78, 5) is 15.4. The van der Waals surface area contributed by atoms with Crippen LogP contribution >= 0.6 is 0 Å². The van der Waals surface area contributed by atoms with Crippen LogP contribution in [-0.2, 0) is 0 Å². The van der Waals surface area contributed by atoms with Gasteiger partial charge in [0.2, 0.25) is 0 Å². The van der Waals surface area contributed by atoms with Crippen molar-refractivity contribution in [2.45, 2.75) is 18.8 Å². The highest BCUT2D eigenvalue weighted by Crippen LogP contribution is 2.28. The van der Waals surface area contributed by atoms with Crippen LogP contribution in [0.15, 0.2) is 35.3 Å². The van der Waals surface area contributed by atoms with Gasteiger partial charge in [-0.15, -0.1) is 0 Å². The number of amides is 1.